The molecule has 1 aliphatic rings. The van der Waals surface area contributed by atoms with Crippen LogP contribution < -0.4 is 5.43 Å². The van der Waals surface area contributed by atoms with Crippen molar-refractivity contribution in [3.05, 3.63) is 45.7 Å². The molecular formula is C16H18N2O2. The molecule has 2 heterocycles. The lowest BCUT2D eigenvalue weighted by Gasteiger charge is -2.15. The number of rotatable bonds is 2. The van der Waals surface area contributed by atoms with Gasteiger partial charge in [0.05, 0.1) is 0 Å². The second-order valence-electron chi connectivity index (χ2n) is 5.26. The first-order chi connectivity index (χ1) is 9.70. The summed E-state index contributed by atoms with van der Waals surface area (Å²) in [6, 6.07) is 5.79. The summed E-state index contributed by atoms with van der Waals surface area (Å²) in [6.07, 6.45) is 4.48. The number of hydrogen-bond donors (Lipinski definition) is 1. The molecule has 0 atom stereocenters. The first-order valence-corrected chi connectivity index (χ1v) is 7.14. The molecule has 0 spiro atoms. The van der Waals surface area contributed by atoms with Crippen LogP contribution in [0.1, 0.15) is 35.7 Å². The third-order valence-corrected chi connectivity index (χ3v) is 3.98. The maximum atomic E-state index is 12.5. The first kappa shape index (κ1) is 12.9. The molecule has 0 radical (unpaired) electrons. The van der Waals surface area contributed by atoms with Gasteiger partial charge in [-0.2, -0.15) is 0 Å². The Kier molecular flexibility index (Phi) is 3.30. The molecule has 1 aliphatic heterocycles. The highest BCUT2D eigenvalue weighted by atomic mass is 16.2. The summed E-state index contributed by atoms with van der Waals surface area (Å²) < 4.78 is 0. The van der Waals surface area contributed by atoms with Gasteiger partial charge in [0.2, 0.25) is 5.43 Å². The number of likely N-dealkylation sites (tertiary alicyclic amines) is 1. The molecule has 1 saturated heterocycles. The van der Waals surface area contributed by atoms with Crippen LogP contribution in [-0.2, 0) is 6.42 Å². The quantitative estimate of drug-likeness (QED) is 0.910. The number of hydrogen-bond acceptors (Lipinski definition) is 2. The summed E-state index contributed by atoms with van der Waals surface area (Å²) in [4.78, 5) is 29.7. The van der Waals surface area contributed by atoms with Gasteiger partial charge >= 0.3 is 0 Å². The van der Waals surface area contributed by atoms with Crippen molar-refractivity contribution in [1.82, 2.24) is 9.88 Å². The molecule has 20 heavy (non-hydrogen) atoms. The van der Waals surface area contributed by atoms with Crippen LogP contribution in [0.25, 0.3) is 10.9 Å². The molecule has 3 rings (SSSR count). The summed E-state index contributed by atoms with van der Waals surface area (Å²) in [6.45, 7) is 3.56. The number of fused-ring (bicyclic) bond motifs is 1. The van der Waals surface area contributed by atoms with E-state index < -0.39 is 0 Å². The van der Waals surface area contributed by atoms with Gasteiger partial charge in [-0.05, 0) is 37.0 Å². The second-order valence-corrected chi connectivity index (χ2v) is 5.26. The molecule has 4 nitrogen and oxygen atoms in total. The highest BCUT2D eigenvalue weighted by molar-refractivity contribution is 5.97. The van der Waals surface area contributed by atoms with Crippen molar-refractivity contribution in [3.8, 4) is 0 Å². The van der Waals surface area contributed by atoms with Crippen molar-refractivity contribution in [3.63, 3.8) is 0 Å². The lowest BCUT2D eigenvalue weighted by Crippen LogP contribution is -2.31. The number of amides is 1. The van der Waals surface area contributed by atoms with E-state index in [4.69, 9.17) is 0 Å². The minimum absolute atomic E-state index is 0.146. The van der Waals surface area contributed by atoms with E-state index in [-0.39, 0.29) is 16.9 Å². The Morgan fingerprint density at radius 2 is 2.05 bits per heavy atom. The molecule has 104 valence electrons. The van der Waals surface area contributed by atoms with Crippen LogP contribution >= 0.6 is 0 Å². The second kappa shape index (κ2) is 5.12. The van der Waals surface area contributed by atoms with Gasteiger partial charge in [0, 0.05) is 30.2 Å². The Bertz CT molecular complexity index is 712. The minimum atomic E-state index is -0.161. The number of nitrogens with zero attached hydrogens (tertiary/aromatic N) is 1. The van der Waals surface area contributed by atoms with Gasteiger partial charge in [-0.1, -0.05) is 13.0 Å². The third-order valence-electron chi connectivity index (χ3n) is 3.98. The van der Waals surface area contributed by atoms with E-state index in [0.717, 1.165) is 43.4 Å². The lowest BCUT2D eigenvalue weighted by molar-refractivity contribution is 0.0791. The smallest absolute Gasteiger partial charge is 0.259 e. The van der Waals surface area contributed by atoms with E-state index in [1.54, 1.807) is 11.1 Å². The number of carbonyl (C=O) groups excluding carboxylic acids is 1. The number of pyridine rings is 1. The molecule has 0 bridgehead atoms. The van der Waals surface area contributed by atoms with Crippen molar-refractivity contribution in [2.75, 3.05) is 13.1 Å². The van der Waals surface area contributed by atoms with Crippen LogP contribution in [0.2, 0.25) is 0 Å². The highest BCUT2D eigenvalue weighted by Crippen LogP contribution is 2.14. The third kappa shape index (κ3) is 2.11. The predicted octanol–water partition coefficient (Wildman–Crippen LogP) is 2.33. The normalized spacial score (nSPS) is 14.9. The molecule has 1 N–H and O–H groups in total. The summed E-state index contributed by atoms with van der Waals surface area (Å²) in [5, 5.41) is 0.606. The number of H-pyrrole nitrogens is 1. The molecule has 1 fully saturated rings. The van der Waals surface area contributed by atoms with E-state index in [9.17, 15) is 9.59 Å². The zero-order valence-corrected chi connectivity index (χ0v) is 11.6. The number of aryl methyl sites for hydroxylation is 1. The zero-order chi connectivity index (χ0) is 14.1. The van der Waals surface area contributed by atoms with E-state index in [2.05, 4.69) is 11.9 Å². The van der Waals surface area contributed by atoms with E-state index in [0.29, 0.717) is 5.39 Å². The Balaban J connectivity index is 2.10. The monoisotopic (exact) mass is 270 g/mol. The van der Waals surface area contributed by atoms with E-state index in [1.807, 2.05) is 18.2 Å². The van der Waals surface area contributed by atoms with Crippen LogP contribution in [0.15, 0.2) is 29.2 Å². The fourth-order valence-corrected chi connectivity index (χ4v) is 2.74. The predicted molar refractivity (Wildman–Crippen MR) is 79.1 cm³/mol. The lowest BCUT2D eigenvalue weighted by atomic mass is 10.1. The van der Waals surface area contributed by atoms with Gasteiger partial charge in [-0.3, -0.25) is 9.59 Å². The van der Waals surface area contributed by atoms with Gasteiger partial charge in [-0.25, -0.2) is 0 Å². The highest BCUT2D eigenvalue weighted by Gasteiger charge is 2.22. The zero-order valence-electron chi connectivity index (χ0n) is 11.6. The van der Waals surface area contributed by atoms with Gasteiger partial charge < -0.3 is 9.88 Å². The molecule has 1 amide bonds. The van der Waals surface area contributed by atoms with Crippen LogP contribution in [0.4, 0.5) is 0 Å². The summed E-state index contributed by atoms with van der Waals surface area (Å²) in [5.74, 6) is -0.146. The molecule has 0 saturated carbocycles. The van der Waals surface area contributed by atoms with E-state index in [1.165, 1.54) is 0 Å². The fraction of sp³-hybridized carbons (Fsp3) is 0.375. The van der Waals surface area contributed by atoms with Crippen molar-refractivity contribution in [1.29, 1.82) is 0 Å². The summed E-state index contributed by atoms with van der Waals surface area (Å²) >= 11 is 0. The number of nitrogens with one attached hydrogen (secondary N) is 1. The topological polar surface area (TPSA) is 53.2 Å². The Morgan fingerprint density at radius 3 is 2.75 bits per heavy atom. The number of carbonyl (C=O) groups is 1. The van der Waals surface area contributed by atoms with Crippen LogP contribution in [0.3, 0.4) is 0 Å². The van der Waals surface area contributed by atoms with Crippen molar-refractivity contribution in [2.24, 2.45) is 0 Å². The van der Waals surface area contributed by atoms with Gasteiger partial charge in [0.25, 0.3) is 5.91 Å². The molecule has 2 aromatic rings. The largest absolute Gasteiger partial charge is 0.360 e. The number of benzene rings is 1. The molecule has 0 aliphatic carbocycles. The Morgan fingerprint density at radius 1 is 1.30 bits per heavy atom. The average molecular weight is 270 g/mol. The van der Waals surface area contributed by atoms with Crippen LogP contribution in [0, 0.1) is 0 Å². The van der Waals surface area contributed by atoms with Crippen molar-refractivity contribution in [2.45, 2.75) is 26.2 Å². The Labute approximate surface area is 117 Å². The number of aromatic nitrogens is 1. The Hall–Kier alpha value is -2.10. The van der Waals surface area contributed by atoms with Gasteiger partial charge in [0.1, 0.15) is 5.56 Å². The maximum absolute atomic E-state index is 12.5. The van der Waals surface area contributed by atoms with Crippen molar-refractivity contribution < 1.29 is 4.79 Å². The van der Waals surface area contributed by atoms with E-state index >= 15 is 0 Å². The summed E-state index contributed by atoms with van der Waals surface area (Å²) in [5.41, 5.74) is 1.98. The average Bonchev–Trinajstić information content (AvgIpc) is 3.01. The molecule has 1 aromatic heterocycles. The van der Waals surface area contributed by atoms with Crippen molar-refractivity contribution >= 4 is 16.8 Å². The molecular weight excluding hydrogens is 252 g/mol. The maximum Gasteiger partial charge on any atom is 0.259 e. The molecule has 1 aromatic carbocycles. The first-order valence-electron chi connectivity index (χ1n) is 7.14. The SMILES string of the molecule is CCc1ccc2[nH]cc(C(=O)N3CCCC3)c(=O)c2c1. The molecule has 0 unspecified atom stereocenters. The minimum Gasteiger partial charge on any atom is -0.360 e. The van der Waals surface area contributed by atoms with Crippen LogP contribution in [0.5, 0.6) is 0 Å². The van der Waals surface area contributed by atoms with Crippen LogP contribution in [-0.4, -0.2) is 28.9 Å². The van der Waals surface area contributed by atoms with Gasteiger partial charge in [-0.15, -0.1) is 0 Å². The molecule has 4 heteroatoms. The summed E-state index contributed by atoms with van der Waals surface area (Å²) in [7, 11) is 0. The fourth-order valence-electron chi connectivity index (χ4n) is 2.74. The standard InChI is InChI=1S/C16H18N2O2/c1-2-11-5-6-14-12(9-11)15(19)13(10-17-14)16(20)18-7-3-4-8-18/h5-6,9-10H,2-4,7-8H2,1H3,(H,17,19). The van der Waals surface area contributed by atoms with Gasteiger partial charge in [0.15, 0.2) is 0 Å². The number of aromatic amines is 1.